The summed E-state index contributed by atoms with van der Waals surface area (Å²) in [6.07, 6.45) is 3.95. The van der Waals surface area contributed by atoms with Gasteiger partial charge in [-0.25, -0.2) is 0 Å². The molecule has 0 radical (unpaired) electrons. The van der Waals surface area contributed by atoms with E-state index < -0.39 is 5.60 Å². The van der Waals surface area contributed by atoms with Crippen molar-refractivity contribution in [3.8, 4) is 0 Å². The number of rotatable bonds is 1. The van der Waals surface area contributed by atoms with Gasteiger partial charge in [-0.05, 0) is 58.9 Å². The Labute approximate surface area is 110 Å². The smallest absolute Gasteiger partial charge is 0.171 e. The summed E-state index contributed by atoms with van der Waals surface area (Å²) in [6, 6.07) is 0.335. The lowest BCUT2D eigenvalue weighted by Gasteiger charge is -2.32. The van der Waals surface area contributed by atoms with Crippen molar-refractivity contribution in [3.63, 3.8) is 0 Å². The molecule has 0 aromatic heterocycles. The fraction of sp³-hybridized carbons (Fsp3) is 0.933. The van der Waals surface area contributed by atoms with E-state index in [1.54, 1.807) is 0 Å². The number of carbonyl (C=O) groups excluding carboxylic acids is 1. The minimum atomic E-state index is -0.619. The Morgan fingerprint density at radius 1 is 1.22 bits per heavy atom. The highest BCUT2D eigenvalue weighted by atomic mass is 16.5. The molecule has 2 heterocycles. The summed E-state index contributed by atoms with van der Waals surface area (Å²) in [5.74, 6) is 1.79. The van der Waals surface area contributed by atoms with Crippen LogP contribution < -0.4 is 5.32 Å². The predicted molar refractivity (Wildman–Crippen MR) is 70.4 cm³/mol. The van der Waals surface area contributed by atoms with Crippen LogP contribution in [0.3, 0.4) is 0 Å². The van der Waals surface area contributed by atoms with Gasteiger partial charge < -0.3 is 10.1 Å². The second kappa shape index (κ2) is 3.80. The maximum Gasteiger partial charge on any atom is 0.171 e. The number of nitrogens with one attached hydrogen (secondary N) is 1. The van der Waals surface area contributed by atoms with Gasteiger partial charge in [0, 0.05) is 6.04 Å². The first kappa shape index (κ1) is 12.6. The van der Waals surface area contributed by atoms with Crippen LogP contribution in [0.5, 0.6) is 0 Å². The van der Waals surface area contributed by atoms with Crippen LogP contribution in [0.1, 0.15) is 47.0 Å². The number of Topliss-reactive ketones (excluding diaryl/α,β-unsaturated/α-hetero) is 1. The van der Waals surface area contributed by atoms with Crippen LogP contribution in [0.25, 0.3) is 0 Å². The van der Waals surface area contributed by atoms with Crippen LogP contribution in [-0.2, 0) is 9.53 Å². The number of hydrogen-bond acceptors (Lipinski definition) is 3. The average Bonchev–Trinajstić information content (AvgIpc) is 2.82. The third-order valence-electron chi connectivity index (χ3n) is 5.30. The van der Waals surface area contributed by atoms with Gasteiger partial charge in [0.2, 0.25) is 0 Å². The molecule has 1 saturated carbocycles. The van der Waals surface area contributed by atoms with E-state index in [0.717, 1.165) is 12.5 Å². The van der Waals surface area contributed by atoms with Gasteiger partial charge in [-0.15, -0.1) is 0 Å². The summed E-state index contributed by atoms with van der Waals surface area (Å²) in [5.41, 5.74) is -0.956. The lowest BCUT2D eigenvalue weighted by Crippen LogP contribution is -2.47. The molecular weight excluding hydrogens is 226 g/mol. The van der Waals surface area contributed by atoms with Crippen molar-refractivity contribution in [3.05, 3.63) is 0 Å². The first-order valence-corrected chi connectivity index (χ1v) is 7.31. The molecule has 3 heteroatoms. The van der Waals surface area contributed by atoms with Crippen LogP contribution in [0.4, 0.5) is 0 Å². The van der Waals surface area contributed by atoms with Gasteiger partial charge in [0.05, 0.1) is 11.5 Å². The summed E-state index contributed by atoms with van der Waals surface area (Å²) in [4.78, 5) is 12.7. The molecule has 1 aliphatic carbocycles. The Morgan fingerprint density at radius 3 is 2.56 bits per heavy atom. The third-order valence-corrected chi connectivity index (χ3v) is 5.30. The maximum absolute atomic E-state index is 12.7. The highest BCUT2D eigenvalue weighted by molar-refractivity contribution is 5.92. The fourth-order valence-electron chi connectivity index (χ4n) is 4.65. The van der Waals surface area contributed by atoms with Gasteiger partial charge >= 0.3 is 0 Å². The normalized spacial score (nSPS) is 45.4. The maximum atomic E-state index is 12.7. The first-order valence-electron chi connectivity index (χ1n) is 7.31. The number of ketones is 1. The van der Waals surface area contributed by atoms with Crippen LogP contribution in [-0.4, -0.2) is 29.6 Å². The van der Waals surface area contributed by atoms with E-state index in [2.05, 4.69) is 19.2 Å². The Kier molecular flexibility index (Phi) is 2.66. The summed E-state index contributed by atoms with van der Waals surface area (Å²) in [6.45, 7) is 9.08. The van der Waals surface area contributed by atoms with Crippen LogP contribution in [0.15, 0.2) is 0 Å². The van der Waals surface area contributed by atoms with E-state index in [1.807, 2.05) is 13.8 Å². The van der Waals surface area contributed by atoms with E-state index in [4.69, 9.17) is 4.74 Å². The molecule has 102 valence electrons. The van der Waals surface area contributed by atoms with Crippen LogP contribution in [0, 0.1) is 17.8 Å². The van der Waals surface area contributed by atoms with Gasteiger partial charge in [-0.2, -0.15) is 0 Å². The first-order chi connectivity index (χ1) is 8.33. The van der Waals surface area contributed by atoms with Gasteiger partial charge in [-0.3, -0.25) is 4.79 Å². The molecular formula is C15H25NO2. The van der Waals surface area contributed by atoms with Crippen LogP contribution in [0.2, 0.25) is 0 Å². The molecule has 3 aliphatic rings. The predicted octanol–water partition coefficient (Wildman–Crippen LogP) is 2.15. The van der Waals surface area contributed by atoms with Crippen molar-refractivity contribution >= 4 is 5.78 Å². The fourth-order valence-corrected chi connectivity index (χ4v) is 4.65. The topological polar surface area (TPSA) is 38.3 Å². The minimum absolute atomic E-state index is 0.0144. The molecule has 4 atom stereocenters. The highest BCUT2D eigenvalue weighted by Crippen LogP contribution is 2.48. The van der Waals surface area contributed by atoms with Crippen molar-refractivity contribution in [1.29, 1.82) is 0 Å². The van der Waals surface area contributed by atoms with Gasteiger partial charge in [-0.1, -0.05) is 6.42 Å². The second-order valence-corrected chi connectivity index (χ2v) is 7.35. The summed E-state index contributed by atoms with van der Waals surface area (Å²) in [5, 5.41) is 3.62. The summed E-state index contributed by atoms with van der Waals surface area (Å²) in [7, 11) is 0. The monoisotopic (exact) mass is 251 g/mol. The quantitative estimate of drug-likeness (QED) is 0.776. The zero-order chi connectivity index (χ0) is 13.1. The van der Waals surface area contributed by atoms with E-state index in [9.17, 15) is 4.79 Å². The standard InChI is InChI=1S/C15H25NO2/c1-14(2)11(13(17)15(3,4)18-14)12-10-7-5-6-9(10)8-16-12/h9-12,16H,5-8H2,1-4H3. The van der Waals surface area contributed by atoms with E-state index in [-0.39, 0.29) is 17.3 Å². The zero-order valence-electron chi connectivity index (χ0n) is 12.0. The van der Waals surface area contributed by atoms with Crippen molar-refractivity contribution in [2.24, 2.45) is 17.8 Å². The average molecular weight is 251 g/mol. The molecule has 0 spiro atoms. The molecule has 2 saturated heterocycles. The molecule has 4 unspecified atom stereocenters. The molecule has 0 amide bonds. The van der Waals surface area contributed by atoms with Crippen molar-refractivity contribution in [2.45, 2.75) is 64.2 Å². The van der Waals surface area contributed by atoms with E-state index >= 15 is 0 Å². The number of ether oxygens (including phenoxy) is 1. The molecule has 0 aromatic rings. The molecule has 0 bridgehead atoms. The molecule has 3 nitrogen and oxygen atoms in total. The Bertz CT molecular complexity index is 375. The Hall–Kier alpha value is -0.410. The van der Waals surface area contributed by atoms with Gasteiger partial charge in [0.25, 0.3) is 0 Å². The van der Waals surface area contributed by atoms with Gasteiger partial charge in [0.15, 0.2) is 5.78 Å². The Morgan fingerprint density at radius 2 is 1.94 bits per heavy atom. The van der Waals surface area contributed by atoms with Crippen molar-refractivity contribution in [2.75, 3.05) is 6.54 Å². The molecule has 3 fully saturated rings. The molecule has 3 rings (SSSR count). The third kappa shape index (κ3) is 1.67. The number of hydrogen-bond donors (Lipinski definition) is 1. The van der Waals surface area contributed by atoms with E-state index in [1.165, 1.54) is 19.3 Å². The molecule has 1 N–H and O–H groups in total. The zero-order valence-corrected chi connectivity index (χ0v) is 12.0. The summed E-state index contributed by atoms with van der Waals surface area (Å²) < 4.78 is 6.03. The van der Waals surface area contributed by atoms with Crippen molar-refractivity contribution < 1.29 is 9.53 Å². The number of carbonyl (C=O) groups is 1. The van der Waals surface area contributed by atoms with Crippen molar-refractivity contribution in [1.82, 2.24) is 5.32 Å². The summed E-state index contributed by atoms with van der Waals surface area (Å²) >= 11 is 0. The molecule has 2 aliphatic heterocycles. The SMILES string of the molecule is CC1(C)OC(C)(C)C(C2NCC3CCCC32)C1=O. The number of fused-ring (bicyclic) bond motifs is 1. The molecule has 18 heavy (non-hydrogen) atoms. The van der Waals surface area contributed by atoms with E-state index in [0.29, 0.717) is 12.0 Å². The second-order valence-electron chi connectivity index (χ2n) is 7.35. The highest BCUT2D eigenvalue weighted by Gasteiger charge is 2.59. The van der Waals surface area contributed by atoms with Crippen LogP contribution >= 0.6 is 0 Å². The Balaban J connectivity index is 1.89. The lowest BCUT2D eigenvalue weighted by atomic mass is 9.75. The van der Waals surface area contributed by atoms with Gasteiger partial charge in [0.1, 0.15) is 5.60 Å². The molecule has 0 aromatic carbocycles. The largest absolute Gasteiger partial charge is 0.361 e. The lowest BCUT2D eigenvalue weighted by molar-refractivity contribution is -0.132. The minimum Gasteiger partial charge on any atom is -0.361 e.